The van der Waals surface area contributed by atoms with Crippen molar-refractivity contribution in [3.8, 4) is 0 Å². The molecule has 0 bridgehead atoms. The van der Waals surface area contributed by atoms with Crippen molar-refractivity contribution in [1.82, 2.24) is 0 Å². The van der Waals surface area contributed by atoms with Crippen LogP contribution in [0, 0.1) is 3.57 Å². The topological polar surface area (TPSA) is 70.8 Å². The van der Waals surface area contributed by atoms with E-state index < -0.39 is 17.1 Å². The van der Waals surface area contributed by atoms with Crippen LogP contribution in [0.15, 0.2) is 24.3 Å². The normalized spacial score (nSPS) is 27.4. The van der Waals surface area contributed by atoms with E-state index in [1.165, 1.54) is 0 Å². The van der Waals surface area contributed by atoms with Crippen LogP contribution in [0.4, 0.5) is 0 Å². The van der Waals surface area contributed by atoms with Gasteiger partial charge in [-0.1, -0.05) is 18.2 Å². The minimum Gasteiger partial charge on any atom is -0.342 e. The molecule has 0 spiro atoms. The SMILES string of the molecule is CC1(C)O[C@@H](COS(N)=O)[C@H](c2ccccc2I)O1. The molecule has 1 aliphatic heterocycles. The van der Waals surface area contributed by atoms with Crippen molar-refractivity contribution in [3.63, 3.8) is 0 Å². The number of hydrogen-bond acceptors (Lipinski definition) is 4. The van der Waals surface area contributed by atoms with Gasteiger partial charge in [0.15, 0.2) is 5.79 Å². The molecule has 3 atom stereocenters. The average Bonchev–Trinajstić information content (AvgIpc) is 2.62. The Bertz CT molecular complexity index is 483. The van der Waals surface area contributed by atoms with Gasteiger partial charge in [0.25, 0.3) is 0 Å². The van der Waals surface area contributed by atoms with Gasteiger partial charge in [0.05, 0.1) is 6.61 Å². The van der Waals surface area contributed by atoms with Gasteiger partial charge in [0.1, 0.15) is 12.2 Å². The van der Waals surface area contributed by atoms with Crippen LogP contribution in [0.3, 0.4) is 0 Å². The van der Waals surface area contributed by atoms with E-state index >= 15 is 0 Å². The van der Waals surface area contributed by atoms with E-state index in [0.717, 1.165) is 9.13 Å². The van der Waals surface area contributed by atoms with Crippen LogP contribution in [0.1, 0.15) is 25.5 Å². The molecule has 1 fully saturated rings. The standard InChI is InChI=1S/C12H16INO4S/c1-12(2)17-10(7-16-19(14)15)11(18-12)8-5-3-4-6-9(8)13/h3-6,10-11H,7,14H2,1-2H3/t10-,11-,19?/m0/s1. The quantitative estimate of drug-likeness (QED) is 0.790. The second-order valence-corrected chi connectivity index (χ2v) is 6.58. The van der Waals surface area contributed by atoms with Crippen LogP contribution >= 0.6 is 22.6 Å². The number of rotatable bonds is 4. The Balaban J connectivity index is 2.21. The van der Waals surface area contributed by atoms with E-state index in [0.29, 0.717) is 0 Å². The van der Waals surface area contributed by atoms with E-state index in [1.807, 2.05) is 38.1 Å². The van der Waals surface area contributed by atoms with Crippen molar-refractivity contribution < 1.29 is 17.9 Å². The summed E-state index contributed by atoms with van der Waals surface area (Å²) >= 11 is 0.452. The van der Waals surface area contributed by atoms with E-state index in [9.17, 15) is 4.21 Å². The molecule has 1 heterocycles. The van der Waals surface area contributed by atoms with Crippen LogP contribution in [-0.4, -0.2) is 22.7 Å². The summed E-state index contributed by atoms with van der Waals surface area (Å²) in [4.78, 5) is 0. The highest BCUT2D eigenvalue weighted by atomic mass is 127. The van der Waals surface area contributed by atoms with Crippen molar-refractivity contribution in [3.05, 3.63) is 33.4 Å². The van der Waals surface area contributed by atoms with Gasteiger partial charge < -0.3 is 9.47 Å². The van der Waals surface area contributed by atoms with E-state index in [1.54, 1.807) is 0 Å². The molecule has 1 unspecified atom stereocenters. The monoisotopic (exact) mass is 397 g/mol. The van der Waals surface area contributed by atoms with Gasteiger partial charge in [-0.15, -0.1) is 0 Å². The fourth-order valence-electron chi connectivity index (χ4n) is 2.06. The molecule has 7 heteroatoms. The molecular weight excluding hydrogens is 381 g/mol. The molecule has 2 N–H and O–H groups in total. The maximum atomic E-state index is 10.8. The number of nitrogens with two attached hydrogens (primary N) is 1. The zero-order valence-corrected chi connectivity index (χ0v) is 13.6. The first kappa shape index (κ1) is 15.3. The van der Waals surface area contributed by atoms with Crippen molar-refractivity contribution in [2.45, 2.75) is 31.8 Å². The molecule has 2 rings (SSSR count). The minimum absolute atomic E-state index is 0.127. The molecule has 1 aromatic carbocycles. The lowest BCUT2D eigenvalue weighted by Gasteiger charge is -2.18. The highest BCUT2D eigenvalue weighted by Crippen LogP contribution is 2.39. The number of ether oxygens (including phenoxy) is 2. The lowest BCUT2D eigenvalue weighted by Crippen LogP contribution is -2.26. The van der Waals surface area contributed by atoms with E-state index in [4.69, 9.17) is 18.8 Å². The van der Waals surface area contributed by atoms with E-state index in [-0.39, 0.29) is 18.8 Å². The molecule has 1 saturated heterocycles. The third-order valence-electron chi connectivity index (χ3n) is 2.74. The fourth-order valence-corrected chi connectivity index (χ4v) is 3.02. The number of hydrogen-bond donors (Lipinski definition) is 1. The van der Waals surface area contributed by atoms with Crippen molar-refractivity contribution in [2.75, 3.05) is 6.61 Å². The van der Waals surface area contributed by atoms with Crippen molar-refractivity contribution in [2.24, 2.45) is 5.14 Å². The molecule has 0 saturated carbocycles. The van der Waals surface area contributed by atoms with Gasteiger partial charge in [-0.3, -0.25) is 4.18 Å². The van der Waals surface area contributed by atoms with E-state index in [2.05, 4.69) is 22.6 Å². The Kier molecular flexibility index (Phi) is 4.96. The summed E-state index contributed by atoms with van der Waals surface area (Å²) in [6.45, 7) is 3.81. The van der Waals surface area contributed by atoms with Gasteiger partial charge in [-0.2, -0.15) is 0 Å². The maximum Gasteiger partial charge on any atom is 0.231 e. The molecule has 5 nitrogen and oxygen atoms in total. The summed E-state index contributed by atoms with van der Waals surface area (Å²) < 4.78 is 28.6. The fraction of sp³-hybridized carbons (Fsp3) is 0.500. The summed E-state index contributed by atoms with van der Waals surface area (Å²) in [6.07, 6.45) is -0.593. The molecule has 1 aromatic rings. The average molecular weight is 397 g/mol. The molecule has 0 aromatic heterocycles. The van der Waals surface area contributed by atoms with Crippen LogP contribution in [-0.2, 0) is 24.9 Å². The predicted molar refractivity (Wildman–Crippen MR) is 80.2 cm³/mol. The zero-order chi connectivity index (χ0) is 14.0. The molecule has 0 radical (unpaired) electrons. The molecule has 0 aliphatic carbocycles. The Hall–Kier alpha value is -0.0600. The Morgan fingerprint density at radius 3 is 2.74 bits per heavy atom. The van der Waals surface area contributed by atoms with Gasteiger partial charge in [-0.25, -0.2) is 9.35 Å². The third kappa shape index (κ3) is 3.96. The smallest absolute Gasteiger partial charge is 0.231 e. The van der Waals surface area contributed by atoms with Gasteiger partial charge >= 0.3 is 0 Å². The first-order chi connectivity index (χ1) is 8.89. The first-order valence-electron chi connectivity index (χ1n) is 5.78. The summed E-state index contributed by atoms with van der Waals surface area (Å²) in [5.41, 5.74) is 1.03. The molecule has 0 amide bonds. The Morgan fingerprint density at radius 2 is 2.11 bits per heavy atom. The van der Waals surface area contributed by atoms with Crippen LogP contribution in [0.5, 0.6) is 0 Å². The van der Waals surface area contributed by atoms with Crippen LogP contribution in [0.2, 0.25) is 0 Å². The largest absolute Gasteiger partial charge is 0.342 e. The second-order valence-electron chi connectivity index (χ2n) is 4.66. The number of benzene rings is 1. The highest BCUT2D eigenvalue weighted by molar-refractivity contribution is 14.1. The highest BCUT2D eigenvalue weighted by Gasteiger charge is 2.43. The first-order valence-corrected chi connectivity index (χ1v) is 8.00. The van der Waals surface area contributed by atoms with Crippen LogP contribution in [0.25, 0.3) is 0 Å². The summed E-state index contributed by atoms with van der Waals surface area (Å²) in [6, 6.07) is 7.91. The van der Waals surface area contributed by atoms with Crippen LogP contribution < -0.4 is 5.14 Å². The van der Waals surface area contributed by atoms with Gasteiger partial charge in [-0.05, 0) is 48.1 Å². The Morgan fingerprint density at radius 1 is 1.42 bits per heavy atom. The second kappa shape index (κ2) is 6.15. The molecular formula is C12H16INO4S. The third-order valence-corrected chi connectivity index (χ3v) is 4.09. The number of halogens is 1. The zero-order valence-electron chi connectivity index (χ0n) is 10.7. The minimum atomic E-state index is -1.80. The summed E-state index contributed by atoms with van der Waals surface area (Å²) in [5, 5.41) is 5.10. The van der Waals surface area contributed by atoms with Gasteiger partial charge in [0, 0.05) is 3.57 Å². The lowest BCUT2D eigenvalue weighted by molar-refractivity contribution is -0.148. The molecule has 19 heavy (non-hydrogen) atoms. The predicted octanol–water partition coefficient (Wildman–Crippen LogP) is 2.04. The maximum absolute atomic E-state index is 10.8. The Labute approximate surface area is 128 Å². The summed E-state index contributed by atoms with van der Waals surface area (Å²) in [7, 11) is 0. The van der Waals surface area contributed by atoms with Crippen molar-refractivity contribution in [1.29, 1.82) is 0 Å². The lowest BCUT2D eigenvalue weighted by atomic mass is 10.1. The molecule has 106 valence electrons. The summed E-state index contributed by atoms with van der Waals surface area (Å²) in [5.74, 6) is -0.701. The van der Waals surface area contributed by atoms with Gasteiger partial charge in [0.2, 0.25) is 11.3 Å². The van der Waals surface area contributed by atoms with Crippen molar-refractivity contribution >= 4 is 33.9 Å². The molecule has 1 aliphatic rings.